The van der Waals surface area contributed by atoms with E-state index in [0.717, 1.165) is 42.6 Å². The second-order valence-corrected chi connectivity index (χ2v) is 12.1. The van der Waals surface area contributed by atoms with Crippen molar-refractivity contribution < 1.29 is 35.1 Å². The standard InChI is InChI=1S/C22H17F5N4O3S2/c1-3-20(17-8-21(17,36(2,32)33)35-19(28)31-20)13-6-12(4-5-14(13)23)7-15(24)16-9-30-18(10-29-16)34-11-22(25,26)27/h1,4-7,9-10,17H,8,11H2,2H3,(H2,28,31)/b15-7-/t17-,20+,21+/m0/s1. The molecule has 3 atom stereocenters. The quantitative estimate of drug-likeness (QED) is 0.437. The fourth-order valence-electron chi connectivity index (χ4n) is 4.01. The molecule has 2 N–H and O–H groups in total. The first-order chi connectivity index (χ1) is 16.7. The van der Waals surface area contributed by atoms with Crippen LogP contribution in [-0.2, 0) is 15.4 Å². The molecule has 0 bridgehead atoms. The average Bonchev–Trinajstić information content (AvgIpc) is 3.55. The number of fused-ring (bicyclic) bond motifs is 1. The van der Waals surface area contributed by atoms with Gasteiger partial charge in [-0.25, -0.2) is 32.2 Å². The van der Waals surface area contributed by atoms with Crippen LogP contribution in [0, 0.1) is 24.1 Å². The summed E-state index contributed by atoms with van der Waals surface area (Å²) in [6.45, 7) is -1.58. The summed E-state index contributed by atoms with van der Waals surface area (Å²) in [7, 11) is -3.64. The van der Waals surface area contributed by atoms with E-state index in [4.69, 9.17) is 12.2 Å². The molecule has 1 aromatic carbocycles. The number of thioether (sulfide) groups is 1. The predicted octanol–water partition coefficient (Wildman–Crippen LogP) is 3.68. The Morgan fingerprint density at radius 1 is 1.36 bits per heavy atom. The number of nitrogens with zero attached hydrogens (tertiary/aromatic N) is 3. The molecule has 36 heavy (non-hydrogen) atoms. The fourth-order valence-corrected chi connectivity index (χ4v) is 7.14. The Labute approximate surface area is 207 Å². The van der Waals surface area contributed by atoms with Crippen molar-refractivity contribution in [2.75, 3.05) is 12.9 Å². The van der Waals surface area contributed by atoms with Gasteiger partial charge < -0.3 is 10.5 Å². The molecule has 7 nitrogen and oxygen atoms in total. The minimum absolute atomic E-state index is 0.108. The number of terminal acetylenes is 1. The van der Waals surface area contributed by atoms with Gasteiger partial charge in [-0.1, -0.05) is 23.7 Å². The van der Waals surface area contributed by atoms with E-state index in [0.29, 0.717) is 0 Å². The Bertz CT molecular complexity index is 1420. The van der Waals surface area contributed by atoms with Crippen molar-refractivity contribution in [2.24, 2.45) is 16.6 Å². The Kier molecular flexibility index (Phi) is 6.28. The molecule has 1 fully saturated rings. The van der Waals surface area contributed by atoms with Crippen LogP contribution in [0.5, 0.6) is 5.88 Å². The zero-order chi connectivity index (χ0) is 26.5. The molecular formula is C22H17F5N4O3S2. The monoisotopic (exact) mass is 544 g/mol. The van der Waals surface area contributed by atoms with Crippen LogP contribution in [0.1, 0.15) is 23.2 Å². The molecule has 14 heteroatoms. The van der Waals surface area contributed by atoms with Gasteiger partial charge in [0.25, 0.3) is 0 Å². The minimum atomic E-state index is -4.57. The highest BCUT2D eigenvalue weighted by atomic mass is 32.3. The van der Waals surface area contributed by atoms with Crippen molar-refractivity contribution >= 4 is 38.7 Å². The van der Waals surface area contributed by atoms with Crippen LogP contribution in [0.15, 0.2) is 35.6 Å². The van der Waals surface area contributed by atoms with Crippen molar-refractivity contribution in [3.8, 4) is 18.2 Å². The van der Waals surface area contributed by atoms with Crippen molar-refractivity contribution in [2.45, 2.75) is 22.2 Å². The first kappa shape index (κ1) is 25.9. The van der Waals surface area contributed by atoms with E-state index in [1.165, 1.54) is 12.1 Å². The van der Waals surface area contributed by atoms with Crippen LogP contribution < -0.4 is 10.5 Å². The lowest BCUT2D eigenvalue weighted by Gasteiger charge is -2.32. The molecule has 0 radical (unpaired) electrons. The normalized spacial score (nSPS) is 26.0. The summed E-state index contributed by atoms with van der Waals surface area (Å²) in [4.78, 5) is 11.5. The smallest absolute Gasteiger partial charge is 0.422 e. The number of rotatable bonds is 6. The molecule has 0 saturated heterocycles. The number of amidine groups is 1. The van der Waals surface area contributed by atoms with E-state index in [1.54, 1.807) is 0 Å². The Morgan fingerprint density at radius 3 is 2.67 bits per heavy atom. The Balaban J connectivity index is 1.66. The van der Waals surface area contributed by atoms with Crippen LogP contribution in [-0.4, -0.2) is 46.7 Å². The van der Waals surface area contributed by atoms with Gasteiger partial charge >= 0.3 is 6.18 Å². The molecule has 2 aromatic rings. The first-order valence-electron chi connectivity index (χ1n) is 10.1. The molecule has 0 unspecified atom stereocenters. The van der Waals surface area contributed by atoms with Crippen molar-refractivity contribution in [3.63, 3.8) is 0 Å². The second-order valence-electron chi connectivity index (χ2n) is 8.18. The van der Waals surface area contributed by atoms with Gasteiger partial charge in [0.15, 0.2) is 33.0 Å². The number of aromatic nitrogens is 2. The van der Waals surface area contributed by atoms with Gasteiger partial charge in [0, 0.05) is 17.7 Å². The molecule has 2 aliphatic rings. The molecule has 1 aliphatic heterocycles. The lowest BCUT2D eigenvalue weighted by atomic mass is 9.84. The number of nitrogens with two attached hydrogens (primary N) is 1. The maximum absolute atomic E-state index is 15.0. The van der Waals surface area contributed by atoms with E-state index in [2.05, 4.69) is 25.6 Å². The second kappa shape index (κ2) is 8.74. The first-order valence-corrected chi connectivity index (χ1v) is 12.8. The van der Waals surface area contributed by atoms with Crippen molar-refractivity contribution in [1.29, 1.82) is 0 Å². The molecule has 4 rings (SSSR count). The largest absolute Gasteiger partial charge is 0.467 e. The lowest BCUT2D eigenvalue weighted by molar-refractivity contribution is -0.154. The van der Waals surface area contributed by atoms with Crippen LogP contribution >= 0.6 is 11.8 Å². The van der Waals surface area contributed by atoms with Crippen LogP contribution in [0.4, 0.5) is 22.0 Å². The van der Waals surface area contributed by atoms with Gasteiger partial charge in [-0.3, -0.25) is 0 Å². The number of alkyl halides is 3. The number of benzene rings is 1. The zero-order valence-corrected chi connectivity index (χ0v) is 20.0. The number of halogens is 5. The number of hydrogen-bond donors (Lipinski definition) is 1. The highest BCUT2D eigenvalue weighted by Gasteiger charge is 2.73. The molecule has 1 aromatic heterocycles. The van der Waals surface area contributed by atoms with Crippen molar-refractivity contribution in [3.05, 3.63) is 53.2 Å². The third-order valence-corrected chi connectivity index (χ3v) is 9.69. The number of sulfone groups is 1. The van der Waals surface area contributed by atoms with E-state index in [1.807, 2.05) is 0 Å². The topological polar surface area (TPSA) is 108 Å². The van der Waals surface area contributed by atoms with Gasteiger partial charge in [0.1, 0.15) is 15.6 Å². The summed E-state index contributed by atoms with van der Waals surface area (Å²) < 4.78 is 94.6. The highest BCUT2D eigenvalue weighted by Crippen LogP contribution is 2.68. The van der Waals surface area contributed by atoms with Crippen molar-refractivity contribution in [1.82, 2.24) is 9.97 Å². The number of ether oxygens (including phenoxy) is 1. The van der Waals surface area contributed by atoms with E-state index < -0.39 is 55.7 Å². The molecular weight excluding hydrogens is 527 g/mol. The Hall–Kier alpha value is -3.18. The lowest BCUT2D eigenvalue weighted by Crippen LogP contribution is -2.40. The third-order valence-electron chi connectivity index (χ3n) is 5.73. The zero-order valence-electron chi connectivity index (χ0n) is 18.4. The van der Waals surface area contributed by atoms with E-state index in [-0.39, 0.29) is 28.4 Å². The number of hydrogen-bond acceptors (Lipinski definition) is 8. The molecule has 190 valence electrons. The number of aliphatic imine (C=N–C) groups is 1. The summed E-state index contributed by atoms with van der Waals surface area (Å²) in [6.07, 6.45) is 5.02. The maximum atomic E-state index is 15.0. The highest BCUT2D eigenvalue weighted by molar-refractivity contribution is 8.24. The van der Waals surface area contributed by atoms with Gasteiger partial charge in [-0.15, -0.1) is 6.42 Å². The van der Waals surface area contributed by atoms with Crippen LogP contribution in [0.3, 0.4) is 0 Å². The summed E-state index contributed by atoms with van der Waals surface area (Å²) in [6, 6.07) is 3.52. The SMILES string of the molecule is C#C[C@]1(c2cc(/C=C(\F)c3cnc(OCC(F)(F)F)cn3)ccc2F)N=C(N)S[C@@]2(S(C)(=O)=O)C[C@H]21. The maximum Gasteiger partial charge on any atom is 0.422 e. The molecule has 0 spiro atoms. The van der Waals surface area contributed by atoms with E-state index >= 15 is 0 Å². The van der Waals surface area contributed by atoms with Gasteiger partial charge in [0.2, 0.25) is 5.88 Å². The molecule has 0 amide bonds. The van der Waals surface area contributed by atoms with Gasteiger partial charge in [-0.05, 0) is 30.2 Å². The predicted molar refractivity (Wildman–Crippen MR) is 124 cm³/mol. The Morgan fingerprint density at radius 2 is 2.08 bits per heavy atom. The van der Waals surface area contributed by atoms with Crippen LogP contribution in [0.25, 0.3) is 11.9 Å². The summed E-state index contributed by atoms with van der Waals surface area (Å²) >= 11 is 0.868. The molecule has 2 heterocycles. The summed E-state index contributed by atoms with van der Waals surface area (Å²) in [5, 5.41) is -0.109. The molecule has 1 aliphatic carbocycles. The van der Waals surface area contributed by atoms with Gasteiger partial charge in [0.05, 0.1) is 12.4 Å². The fraction of sp³-hybridized carbons (Fsp3) is 0.318. The van der Waals surface area contributed by atoms with Crippen LogP contribution in [0.2, 0.25) is 0 Å². The molecule has 1 saturated carbocycles. The average molecular weight is 545 g/mol. The van der Waals surface area contributed by atoms with E-state index in [9.17, 15) is 30.4 Å². The summed E-state index contributed by atoms with van der Waals surface area (Å²) in [5.41, 5.74) is 3.84. The third kappa shape index (κ3) is 4.64. The summed E-state index contributed by atoms with van der Waals surface area (Å²) in [5.74, 6) is -0.503. The minimum Gasteiger partial charge on any atom is -0.467 e. The van der Waals surface area contributed by atoms with Gasteiger partial charge in [-0.2, -0.15) is 13.2 Å².